The number of hydrogen-bond donors (Lipinski definition) is 2. The molecule has 0 radical (unpaired) electrons. The first kappa shape index (κ1) is 26.6. The fraction of sp³-hybridized carbons (Fsp3) is 0.857. The summed E-state index contributed by atoms with van der Waals surface area (Å²) in [5.41, 5.74) is 0.217. The van der Waals surface area contributed by atoms with Gasteiger partial charge in [-0.05, 0) is 28.1 Å². The highest BCUT2D eigenvalue weighted by molar-refractivity contribution is 5.93. The smallest absolute Gasteiger partial charge is 0.156 e. The zero-order valence-electron chi connectivity index (χ0n) is 19.6. The average Bonchev–Trinajstić information content (AvgIpc) is 3.22. The van der Waals surface area contributed by atoms with Gasteiger partial charge in [0.1, 0.15) is 7.11 Å². The molecule has 3 fully saturated rings. The Balaban J connectivity index is 0.000000230. The standard InChI is InChI=1S/C8H16N2O2.C7H13NO2.C6H11NO/c1-8(6-11)5-10(2)4-7(8)9-12-3;1-7(5-9)4-8(2)3-6(7)10;1-5-3-7(2)4-6(5)8/h11H,4-6H2,1-3H3;9H,3-5H2,1-2H3;5H,3-4H2,1-2H3/b9-7+;;. The molecule has 3 heterocycles. The van der Waals surface area contributed by atoms with Crippen LogP contribution in [0.5, 0.6) is 0 Å². The number of ketones is 2. The van der Waals surface area contributed by atoms with Crippen LogP contribution in [0, 0.1) is 16.7 Å². The van der Waals surface area contributed by atoms with E-state index in [-0.39, 0.29) is 30.3 Å². The number of likely N-dealkylation sites (tertiary alicyclic amines) is 3. The van der Waals surface area contributed by atoms with Gasteiger partial charge < -0.3 is 15.1 Å². The highest BCUT2D eigenvalue weighted by atomic mass is 16.6. The second-order valence-corrected chi connectivity index (χ2v) is 9.49. The molecule has 0 bridgehead atoms. The molecule has 9 heteroatoms. The molecule has 9 nitrogen and oxygen atoms in total. The van der Waals surface area contributed by atoms with Crippen molar-refractivity contribution in [2.75, 3.05) is 80.7 Å². The molecule has 3 saturated heterocycles. The van der Waals surface area contributed by atoms with Gasteiger partial charge in [-0.3, -0.25) is 24.3 Å². The predicted octanol–water partition coefficient (Wildman–Crippen LogP) is -0.431. The van der Waals surface area contributed by atoms with Crippen LogP contribution in [-0.2, 0) is 14.4 Å². The van der Waals surface area contributed by atoms with Gasteiger partial charge in [0, 0.05) is 37.5 Å². The van der Waals surface area contributed by atoms with E-state index in [0.717, 1.165) is 25.3 Å². The van der Waals surface area contributed by atoms with Gasteiger partial charge in [-0.1, -0.05) is 19.0 Å². The quantitative estimate of drug-likeness (QED) is 0.584. The highest BCUT2D eigenvalue weighted by Gasteiger charge is 2.40. The van der Waals surface area contributed by atoms with Crippen LogP contribution in [0.3, 0.4) is 0 Å². The summed E-state index contributed by atoms with van der Waals surface area (Å²) in [6, 6.07) is 0. The number of likely N-dealkylation sites (N-methyl/N-ethyl adjacent to an activating group) is 2. The number of aliphatic hydroxyl groups excluding tert-OH is 2. The van der Waals surface area contributed by atoms with Crippen LogP contribution >= 0.6 is 0 Å². The Morgan fingerprint density at radius 3 is 1.80 bits per heavy atom. The van der Waals surface area contributed by atoms with E-state index < -0.39 is 5.41 Å². The van der Waals surface area contributed by atoms with Gasteiger partial charge in [0.05, 0.1) is 37.4 Å². The van der Waals surface area contributed by atoms with Crippen molar-refractivity contribution in [3.63, 3.8) is 0 Å². The lowest BCUT2D eigenvalue weighted by Gasteiger charge is -2.20. The minimum atomic E-state index is -0.491. The van der Waals surface area contributed by atoms with Gasteiger partial charge in [-0.2, -0.15) is 0 Å². The Kier molecular flexibility index (Phi) is 10.0. The number of rotatable bonds is 3. The van der Waals surface area contributed by atoms with Crippen molar-refractivity contribution >= 4 is 17.3 Å². The third-order valence-corrected chi connectivity index (χ3v) is 5.90. The number of aliphatic hydroxyl groups is 2. The SMILES string of the molecule is CC1CN(C)CC1=O.CN1CC(=O)C(C)(CO)C1.CO/N=C1\CN(C)CC1(C)CO. The molecule has 30 heavy (non-hydrogen) atoms. The van der Waals surface area contributed by atoms with Crippen molar-refractivity contribution in [1.29, 1.82) is 0 Å². The Morgan fingerprint density at radius 1 is 0.967 bits per heavy atom. The lowest BCUT2D eigenvalue weighted by atomic mass is 9.89. The molecule has 3 aliphatic rings. The van der Waals surface area contributed by atoms with E-state index in [1.807, 2.05) is 44.8 Å². The largest absolute Gasteiger partial charge is 0.399 e. The average molecular weight is 429 g/mol. The van der Waals surface area contributed by atoms with Crippen molar-refractivity contribution in [2.24, 2.45) is 21.9 Å². The molecule has 3 atom stereocenters. The predicted molar refractivity (Wildman–Crippen MR) is 116 cm³/mol. The number of carbonyl (C=O) groups is 2. The summed E-state index contributed by atoms with van der Waals surface area (Å²) >= 11 is 0. The summed E-state index contributed by atoms with van der Waals surface area (Å²) in [4.78, 5) is 32.7. The normalized spacial score (nSPS) is 34.0. The van der Waals surface area contributed by atoms with Crippen molar-refractivity contribution in [1.82, 2.24) is 14.7 Å². The van der Waals surface area contributed by atoms with Gasteiger partial charge in [-0.25, -0.2) is 0 Å². The van der Waals surface area contributed by atoms with Crippen LogP contribution in [0.2, 0.25) is 0 Å². The van der Waals surface area contributed by atoms with E-state index in [1.54, 1.807) is 6.92 Å². The molecule has 0 aromatic heterocycles. The molecule has 0 aliphatic carbocycles. The third-order valence-electron chi connectivity index (χ3n) is 5.90. The van der Waals surface area contributed by atoms with E-state index in [9.17, 15) is 14.7 Å². The number of oxime groups is 1. The summed E-state index contributed by atoms with van der Waals surface area (Å²) in [5.74, 6) is 0.810. The van der Waals surface area contributed by atoms with Gasteiger partial charge >= 0.3 is 0 Å². The first-order valence-corrected chi connectivity index (χ1v) is 10.3. The Bertz CT molecular complexity index is 629. The lowest BCUT2D eigenvalue weighted by Crippen LogP contribution is -2.31. The van der Waals surface area contributed by atoms with Crippen molar-refractivity contribution in [2.45, 2.75) is 20.8 Å². The number of nitrogens with zero attached hydrogens (tertiary/aromatic N) is 4. The van der Waals surface area contributed by atoms with Gasteiger partial charge in [0.2, 0.25) is 0 Å². The van der Waals surface area contributed by atoms with Crippen molar-refractivity contribution in [3.05, 3.63) is 0 Å². The minimum Gasteiger partial charge on any atom is -0.399 e. The van der Waals surface area contributed by atoms with Crippen LogP contribution in [0.25, 0.3) is 0 Å². The van der Waals surface area contributed by atoms with Crippen molar-refractivity contribution in [3.8, 4) is 0 Å². The summed E-state index contributed by atoms with van der Waals surface area (Å²) in [5, 5.41) is 22.0. The van der Waals surface area contributed by atoms with Gasteiger partial charge in [0.25, 0.3) is 0 Å². The minimum absolute atomic E-state index is 0.0316. The summed E-state index contributed by atoms with van der Waals surface area (Å²) in [6.45, 7) is 10.3. The molecule has 3 aliphatic heterocycles. The number of hydrogen-bond acceptors (Lipinski definition) is 9. The molecule has 174 valence electrons. The molecule has 2 N–H and O–H groups in total. The summed E-state index contributed by atoms with van der Waals surface area (Å²) < 4.78 is 0. The summed E-state index contributed by atoms with van der Waals surface area (Å²) in [7, 11) is 7.40. The van der Waals surface area contributed by atoms with Gasteiger partial charge in [0.15, 0.2) is 11.6 Å². The maximum atomic E-state index is 11.1. The molecule has 3 rings (SSSR count). The van der Waals surface area contributed by atoms with Crippen molar-refractivity contribution < 1.29 is 24.6 Å². The van der Waals surface area contributed by atoms with E-state index >= 15 is 0 Å². The fourth-order valence-corrected chi connectivity index (χ4v) is 3.95. The first-order chi connectivity index (χ1) is 13.9. The molecule has 0 aromatic rings. The molecule has 0 aromatic carbocycles. The molecule has 0 spiro atoms. The van der Waals surface area contributed by atoms with E-state index in [0.29, 0.717) is 25.4 Å². The number of carbonyl (C=O) groups excluding carboxylic acids is 2. The van der Waals surface area contributed by atoms with Crippen LogP contribution in [-0.4, -0.2) is 123 Å². The van der Waals surface area contributed by atoms with E-state index in [4.69, 9.17) is 9.94 Å². The zero-order chi connectivity index (χ0) is 23.1. The summed E-state index contributed by atoms with van der Waals surface area (Å²) in [6.07, 6.45) is 0. The van der Waals surface area contributed by atoms with Crippen LogP contribution in [0.1, 0.15) is 20.8 Å². The molecule has 3 unspecified atom stereocenters. The first-order valence-electron chi connectivity index (χ1n) is 10.3. The number of Topliss-reactive ketones (excluding diaryl/α,β-unsaturated/α-hetero) is 2. The Labute approximate surface area is 180 Å². The molecule has 0 saturated carbocycles. The van der Waals surface area contributed by atoms with Crippen LogP contribution in [0.15, 0.2) is 5.16 Å². The maximum absolute atomic E-state index is 11.1. The van der Waals surface area contributed by atoms with Crippen LogP contribution in [0.4, 0.5) is 0 Å². The molecule has 0 amide bonds. The zero-order valence-corrected chi connectivity index (χ0v) is 19.6. The Morgan fingerprint density at radius 2 is 1.50 bits per heavy atom. The third kappa shape index (κ3) is 7.09. The second-order valence-electron chi connectivity index (χ2n) is 9.49. The monoisotopic (exact) mass is 428 g/mol. The highest BCUT2D eigenvalue weighted by Crippen LogP contribution is 2.26. The molecular weight excluding hydrogens is 388 g/mol. The van der Waals surface area contributed by atoms with E-state index in [2.05, 4.69) is 10.1 Å². The second kappa shape index (κ2) is 11.3. The fourth-order valence-electron chi connectivity index (χ4n) is 3.95. The molecular formula is C21H40N4O5. The topological polar surface area (TPSA) is 106 Å². The maximum Gasteiger partial charge on any atom is 0.156 e. The van der Waals surface area contributed by atoms with Crippen LogP contribution < -0.4 is 0 Å². The Hall–Kier alpha value is -1.39. The van der Waals surface area contributed by atoms with Gasteiger partial charge in [-0.15, -0.1) is 0 Å². The van der Waals surface area contributed by atoms with E-state index in [1.165, 1.54) is 7.11 Å². The lowest BCUT2D eigenvalue weighted by molar-refractivity contribution is -0.125.